The summed E-state index contributed by atoms with van der Waals surface area (Å²) in [6.45, 7) is 7.94. The summed E-state index contributed by atoms with van der Waals surface area (Å²) in [5, 5.41) is 14.2. The van der Waals surface area contributed by atoms with Crippen molar-refractivity contribution in [3.05, 3.63) is 34.2 Å². The van der Waals surface area contributed by atoms with Crippen molar-refractivity contribution in [3.8, 4) is 0 Å². The topological polar surface area (TPSA) is 70.0 Å². The third-order valence-electron chi connectivity index (χ3n) is 4.08. The molecule has 5 nitrogen and oxygen atoms in total. The van der Waals surface area contributed by atoms with E-state index in [1.54, 1.807) is 4.57 Å². The number of aryl methyl sites for hydroxylation is 1. The van der Waals surface area contributed by atoms with Gasteiger partial charge in [0.05, 0.1) is 17.1 Å². The lowest BCUT2D eigenvalue weighted by molar-refractivity contribution is 0.119. The zero-order valence-electron chi connectivity index (χ0n) is 12.8. The summed E-state index contributed by atoms with van der Waals surface area (Å²) in [6, 6.07) is 5.64. The Morgan fingerprint density at radius 1 is 1.43 bits per heavy atom. The molecule has 2 unspecified atom stereocenters. The summed E-state index contributed by atoms with van der Waals surface area (Å²) in [7, 11) is 0. The number of nitrogens with one attached hydrogen (secondary N) is 2. The predicted molar refractivity (Wildman–Crippen MR) is 83.4 cm³/mol. The zero-order chi connectivity index (χ0) is 15.2. The van der Waals surface area contributed by atoms with Crippen LogP contribution in [0.2, 0.25) is 0 Å². The molecule has 0 radical (unpaired) electrons. The van der Waals surface area contributed by atoms with Gasteiger partial charge in [0, 0.05) is 24.7 Å². The van der Waals surface area contributed by atoms with Crippen LogP contribution in [-0.4, -0.2) is 27.2 Å². The van der Waals surface area contributed by atoms with Crippen LogP contribution in [0.5, 0.6) is 0 Å². The van der Waals surface area contributed by atoms with Gasteiger partial charge < -0.3 is 15.4 Å². The molecule has 2 heterocycles. The number of rotatable bonds is 2. The van der Waals surface area contributed by atoms with E-state index in [-0.39, 0.29) is 17.1 Å². The number of hydrogen-bond acceptors (Lipinski definition) is 3. The first-order valence-electron chi connectivity index (χ1n) is 7.50. The minimum Gasteiger partial charge on any atom is -0.387 e. The Morgan fingerprint density at radius 3 is 2.90 bits per heavy atom. The van der Waals surface area contributed by atoms with Crippen LogP contribution in [0.25, 0.3) is 11.0 Å². The van der Waals surface area contributed by atoms with Gasteiger partial charge in [-0.1, -0.05) is 32.9 Å². The van der Waals surface area contributed by atoms with E-state index in [0.29, 0.717) is 6.54 Å². The van der Waals surface area contributed by atoms with Gasteiger partial charge >= 0.3 is 5.69 Å². The lowest BCUT2D eigenvalue weighted by Crippen LogP contribution is -2.40. The second-order valence-electron chi connectivity index (χ2n) is 7.11. The van der Waals surface area contributed by atoms with Crippen molar-refractivity contribution in [2.24, 2.45) is 5.41 Å². The summed E-state index contributed by atoms with van der Waals surface area (Å²) in [5.41, 5.74) is 2.53. The molecule has 1 aliphatic heterocycles. The van der Waals surface area contributed by atoms with Gasteiger partial charge in [0.1, 0.15) is 0 Å². The summed E-state index contributed by atoms with van der Waals surface area (Å²) in [6.07, 6.45) is 0.138. The van der Waals surface area contributed by atoms with Gasteiger partial charge in [-0.3, -0.25) is 4.57 Å². The third kappa shape index (κ3) is 2.63. The van der Waals surface area contributed by atoms with E-state index in [0.717, 1.165) is 29.6 Å². The summed E-state index contributed by atoms with van der Waals surface area (Å²) in [4.78, 5) is 14.9. The molecule has 0 aliphatic carbocycles. The first kappa shape index (κ1) is 14.4. The number of para-hydroxylation sites is 1. The fourth-order valence-electron chi connectivity index (χ4n) is 2.99. The van der Waals surface area contributed by atoms with Crippen molar-refractivity contribution in [1.29, 1.82) is 0 Å². The minimum atomic E-state index is -0.597. The number of aliphatic hydroxyl groups excluding tert-OH is 1. The third-order valence-corrected chi connectivity index (χ3v) is 4.08. The maximum atomic E-state index is 12.0. The van der Waals surface area contributed by atoms with Crippen LogP contribution < -0.4 is 11.0 Å². The lowest BCUT2D eigenvalue weighted by atomic mass is 9.94. The smallest absolute Gasteiger partial charge is 0.326 e. The number of aromatic nitrogens is 2. The molecule has 3 rings (SSSR count). The molecular formula is C16H23N3O2. The molecule has 114 valence electrons. The maximum Gasteiger partial charge on any atom is 0.326 e. The molecule has 1 aromatic heterocycles. The fourth-order valence-corrected chi connectivity index (χ4v) is 2.99. The highest BCUT2D eigenvalue weighted by molar-refractivity contribution is 5.79. The van der Waals surface area contributed by atoms with Gasteiger partial charge in [-0.25, -0.2) is 4.79 Å². The Hall–Kier alpha value is -1.59. The van der Waals surface area contributed by atoms with Crippen LogP contribution in [0.4, 0.5) is 0 Å². The van der Waals surface area contributed by atoms with Gasteiger partial charge in [-0.05, 0) is 17.9 Å². The molecule has 0 saturated carbocycles. The molecule has 1 aliphatic rings. The number of H-pyrrole nitrogens is 1. The molecule has 2 atom stereocenters. The summed E-state index contributed by atoms with van der Waals surface area (Å²) < 4.78 is 1.74. The molecule has 1 aromatic carbocycles. The predicted octanol–water partition coefficient (Wildman–Crippen LogP) is 1.77. The Labute approximate surface area is 124 Å². The van der Waals surface area contributed by atoms with Gasteiger partial charge in [0.2, 0.25) is 0 Å². The average Bonchev–Trinajstić information content (AvgIpc) is 2.64. The molecule has 3 N–H and O–H groups in total. The molecule has 2 aromatic rings. The number of imidazole rings is 1. The Kier molecular flexibility index (Phi) is 3.42. The monoisotopic (exact) mass is 289 g/mol. The molecule has 0 fully saturated rings. The van der Waals surface area contributed by atoms with Crippen molar-refractivity contribution < 1.29 is 5.11 Å². The summed E-state index contributed by atoms with van der Waals surface area (Å²) in [5.74, 6) is 0. The van der Waals surface area contributed by atoms with Crippen molar-refractivity contribution >= 4 is 11.0 Å². The van der Waals surface area contributed by atoms with E-state index in [1.165, 1.54) is 0 Å². The second kappa shape index (κ2) is 5.00. The molecule has 0 amide bonds. The Bertz CT molecular complexity index is 708. The largest absolute Gasteiger partial charge is 0.387 e. The van der Waals surface area contributed by atoms with Gasteiger partial charge in [-0.2, -0.15) is 0 Å². The average molecular weight is 289 g/mol. The van der Waals surface area contributed by atoms with E-state index in [9.17, 15) is 9.90 Å². The van der Waals surface area contributed by atoms with Crippen LogP contribution >= 0.6 is 0 Å². The van der Waals surface area contributed by atoms with Crippen molar-refractivity contribution in [2.75, 3.05) is 6.54 Å². The van der Waals surface area contributed by atoms with Crippen LogP contribution in [0, 0.1) is 5.41 Å². The molecular weight excluding hydrogens is 266 g/mol. The maximum absolute atomic E-state index is 12.0. The van der Waals surface area contributed by atoms with Crippen molar-refractivity contribution in [2.45, 2.75) is 45.9 Å². The quantitative estimate of drug-likeness (QED) is 0.789. The second-order valence-corrected chi connectivity index (χ2v) is 7.11. The highest BCUT2D eigenvalue weighted by Crippen LogP contribution is 2.30. The number of hydrogen-bond donors (Lipinski definition) is 3. The van der Waals surface area contributed by atoms with E-state index >= 15 is 0 Å². The first-order valence-corrected chi connectivity index (χ1v) is 7.50. The number of aliphatic hydroxyl groups is 1. The molecule has 21 heavy (non-hydrogen) atoms. The minimum absolute atomic E-state index is 0.0332. The fraction of sp³-hybridized carbons (Fsp3) is 0.562. The highest BCUT2D eigenvalue weighted by atomic mass is 16.3. The van der Waals surface area contributed by atoms with Gasteiger partial charge in [0.25, 0.3) is 0 Å². The van der Waals surface area contributed by atoms with E-state index in [1.807, 2.05) is 18.2 Å². The summed E-state index contributed by atoms with van der Waals surface area (Å²) >= 11 is 0. The van der Waals surface area contributed by atoms with E-state index in [2.05, 4.69) is 31.1 Å². The molecule has 5 heteroatoms. The van der Waals surface area contributed by atoms with Crippen LogP contribution in [0.15, 0.2) is 23.0 Å². The molecule has 0 spiro atoms. The standard InChI is InChI=1S/C16H23N3O2/c1-16(2,3)9-17-12-7-8-19-13-10(14(12)20)5-4-6-11(13)18-15(19)21/h4-6,12,14,17,20H,7-9H2,1-3H3,(H,18,21). The molecule has 0 bridgehead atoms. The van der Waals surface area contributed by atoms with Crippen LogP contribution in [-0.2, 0) is 6.54 Å². The van der Waals surface area contributed by atoms with Gasteiger partial charge in [0.15, 0.2) is 0 Å². The highest BCUT2D eigenvalue weighted by Gasteiger charge is 2.28. The SMILES string of the molecule is CC(C)(C)CNC1CCn2c(=O)[nH]c3cccc(c32)C1O. The Balaban J connectivity index is 1.97. The first-order chi connectivity index (χ1) is 9.87. The van der Waals surface area contributed by atoms with Crippen LogP contribution in [0.3, 0.4) is 0 Å². The van der Waals surface area contributed by atoms with E-state index < -0.39 is 6.10 Å². The Morgan fingerprint density at radius 2 is 2.19 bits per heavy atom. The number of aromatic amines is 1. The van der Waals surface area contributed by atoms with E-state index in [4.69, 9.17) is 0 Å². The van der Waals surface area contributed by atoms with Crippen molar-refractivity contribution in [3.63, 3.8) is 0 Å². The normalized spacial score (nSPS) is 22.5. The van der Waals surface area contributed by atoms with Gasteiger partial charge in [-0.15, -0.1) is 0 Å². The van der Waals surface area contributed by atoms with Crippen LogP contribution in [0.1, 0.15) is 38.9 Å². The zero-order valence-corrected chi connectivity index (χ0v) is 12.8. The molecule has 0 saturated heterocycles. The van der Waals surface area contributed by atoms with Crippen molar-refractivity contribution in [1.82, 2.24) is 14.9 Å². The number of nitrogens with zero attached hydrogens (tertiary/aromatic N) is 1. The lowest BCUT2D eigenvalue weighted by Gasteiger charge is -2.27. The number of benzene rings is 1.